The third kappa shape index (κ3) is 4.54. The number of nitrogens with zero attached hydrogens (tertiary/aromatic N) is 1. The first-order chi connectivity index (χ1) is 15.0. The van der Waals surface area contributed by atoms with Crippen molar-refractivity contribution in [2.75, 3.05) is 6.61 Å². The number of hydrogen-bond acceptors (Lipinski definition) is 4. The lowest BCUT2D eigenvalue weighted by molar-refractivity contribution is -0.139. The molecule has 0 aliphatic heterocycles. The molecule has 6 nitrogen and oxygen atoms in total. The molecule has 0 bridgehead atoms. The molecule has 7 heteroatoms. The molecule has 1 atom stereocenters. The first-order valence-corrected chi connectivity index (χ1v) is 10.4. The van der Waals surface area contributed by atoms with Gasteiger partial charge in [0, 0.05) is 12.1 Å². The fraction of sp³-hybridized carbons (Fsp3) is 0.208. The molecule has 0 unspecified atom stereocenters. The summed E-state index contributed by atoms with van der Waals surface area (Å²) in [6.45, 7) is 0.126. The summed E-state index contributed by atoms with van der Waals surface area (Å²) in [5.41, 5.74) is 5.17. The summed E-state index contributed by atoms with van der Waals surface area (Å²) in [6.07, 6.45) is 1.35. The van der Waals surface area contributed by atoms with Crippen LogP contribution in [0.4, 0.5) is 4.79 Å². The van der Waals surface area contributed by atoms with E-state index in [1.54, 1.807) is 18.3 Å². The van der Waals surface area contributed by atoms with Crippen molar-refractivity contribution < 1.29 is 19.4 Å². The zero-order valence-electron chi connectivity index (χ0n) is 16.6. The predicted molar refractivity (Wildman–Crippen MR) is 117 cm³/mol. The van der Waals surface area contributed by atoms with Gasteiger partial charge in [-0.25, -0.2) is 14.6 Å². The molecule has 1 aliphatic rings. The fourth-order valence-corrected chi connectivity index (χ4v) is 4.16. The molecular weight excluding hydrogens is 416 g/mol. The molecule has 1 aromatic heterocycles. The number of nitrogens with one attached hydrogen (secondary N) is 1. The SMILES string of the molecule is O=C(N[C@@H](CCc1cccnc1Cl)C(=O)O)OCC1c2ccccc2-c2ccccc21. The van der Waals surface area contributed by atoms with E-state index in [1.165, 1.54) is 0 Å². The van der Waals surface area contributed by atoms with Gasteiger partial charge in [0.2, 0.25) is 0 Å². The van der Waals surface area contributed by atoms with E-state index in [-0.39, 0.29) is 18.9 Å². The van der Waals surface area contributed by atoms with Crippen LogP contribution < -0.4 is 5.32 Å². The van der Waals surface area contributed by atoms with E-state index in [2.05, 4.69) is 22.4 Å². The molecule has 0 spiro atoms. The molecular formula is C24H21ClN2O4. The molecule has 4 rings (SSSR count). The molecule has 3 aromatic rings. The number of carboxylic acid groups (broad SMARTS) is 1. The molecule has 1 amide bonds. The monoisotopic (exact) mass is 436 g/mol. The van der Waals surface area contributed by atoms with E-state index < -0.39 is 18.1 Å². The Morgan fingerprint density at radius 2 is 1.68 bits per heavy atom. The maximum absolute atomic E-state index is 12.4. The van der Waals surface area contributed by atoms with Crippen molar-refractivity contribution in [2.45, 2.75) is 24.8 Å². The Kier molecular flexibility index (Phi) is 6.18. The van der Waals surface area contributed by atoms with Crippen LogP contribution in [0.2, 0.25) is 5.15 Å². The third-order valence-corrected chi connectivity index (χ3v) is 5.81. The van der Waals surface area contributed by atoms with E-state index >= 15 is 0 Å². The molecule has 0 fully saturated rings. The Labute approximate surface area is 184 Å². The van der Waals surface area contributed by atoms with Crippen molar-refractivity contribution in [1.29, 1.82) is 0 Å². The normalized spacial score (nSPS) is 13.2. The summed E-state index contributed by atoms with van der Waals surface area (Å²) in [6, 6.07) is 18.5. The summed E-state index contributed by atoms with van der Waals surface area (Å²) in [5.74, 6) is -1.22. The number of benzene rings is 2. The second-order valence-electron chi connectivity index (χ2n) is 7.35. The number of amides is 1. The zero-order chi connectivity index (χ0) is 21.8. The van der Waals surface area contributed by atoms with E-state index in [0.29, 0.717) is 11.6 Å². The highest BCUT2D eigenvalue weighted by molar-refractivity contribution is 6.30. The molecule has 158 valence electrons. The van der Waals surface area contributed by atoms with Crippen LogP contribution in [-0.2, 0) is 16.0 Å². The predicted octanol–water partition coefficient (Wildman–Crippen LogP) is 4.66. The number of aromatic nitrogens is 1. The molecule has 0 saturated carbocycles. The molecule has 0 saturated heterocycles. The average molecular weight is 437 g/mol. The lowest BCUT2D eigenvalue weighted by Gasteiger charge is -2.17. The molecule has 0 radical (unpaired) electrons. The average Bonchev–Trinajstić information content (AvgIpc) is 3.10. The molecule has 1 heterocycles. The quantitative estimate of drug-likeness (QED) is 0.526. The number of aryl methyl sites for hydroxylation is 1. The first kappa shape index (κ1) is 20.9. The van der Waals surface area contributed by atoms with Crippen LogP contribution in [0.25, 0.3) is 11.1 Å². The van der Waals surface area contributed by atoms with Crippen molar-refractivity contribution in [3.63, 3.8) is 0 Å². The van der Waals surface area contributed by atoms with Crippen LogP contribution in [0.1, 0.15) is 29.0 Å². The van der Waals surface area contributed by atoms with E-state index in [1.807, 2.05) is 36.4 Å². The number of aliphatic carboxylic acids is 1. The van der Waals surface area contributed by atoms with Gasteiger partial charge in [0.15, 0.2) is 0 Å². The maximum atomic E-state index is 12.4. The van der Waals surface area contributed by atoms with Crippen molar-refractivity contribution >= 4 is 23.7 Å². The van der Waals surface area contributed by atoms with E-state index in [9.17, 15) is 14.7 Å². The number of halogens is 1. The smallest absolute Gasteiger partial charge is 0.407 e. The summed E-state index contributed by atoms with van der Waals surface area (Å²) >= 11 is 6.03. The van der Waals surface area contributed by atoms with Crippen LogP contribution in [0, 0.1) is 0 Å². The van der Waals surface area contributed by atoms with Crippen molar-refractivity contribution in [3.8, 4) is 11.1 Å². The highest BCUT2D eigenvalue weighted by Crippen LogP contribution is 2.44. The van der Waals surface area contributed by atoms with Gasteiger partial charge in [0.05, 0.1) is 0 Å². The standard InChI is InChI=1S/C24H21ClN2O4/c25-22-15(6-5-13-26-22)11-12-21(23(28)29)27-24(30)31-14-20-18-9-3-1-7-16(18)17-8-2-4-10-19(17)20/h1-10,13,20-21H,11-12,14H2,(H,27,30)(H,28,29)/t21-/m0/s1. The summed E-state index contributed by atoms with van der Waals surface area (Å²) in [5, 5.41) is 12.3. The summed E-state index contributed by atoms with van der Waals surface area (Å²) < 4.78 is 5.44. The van der Waals surface area contributed by atoms with Gasteiger partial charge in [-0.1, -0.05) is 66.2 Å². The number of pyridine rings is 1. The highest BCUT2D eigenvalue weighted by atomic mass is 35.5. The molecule has 31 heavy (non-hydrogen) atoms. The van der Waals surface area contributed by atoms with Crippen molar-refractivity contribution in [2.24, 2.45) is 0 Å². The Bertz CT molecular complexity index is 1070. The summed E-state index contributed by atoms with van der Waals surface area (Å²) in [7, 11) is 0. The Balaban J connectivity index is 1.39. The number of carboxylic acids is 1. The van der Waals surface area contributed by atoms with Gasteiger partial charge < -0.3 is 15.2 Å². The number of ether oxygens (including phenoxy) is 1. The maximum Gasteiger partial charge on any atom is 0.407 e. The van der Waals surface area contributed by atoms with Gasteiger partial charge in [-0.05, 0) is 46.7 Å². The topological polar surface area (TPSA) is 88.5 Å². The van der Waals surface area contributed by atoms with Gasteiger partial charge in [0.25, 0.3) is 0 Å². The van der Waals surface area contributed by atoms with E-state index in [0.717, 1.165) is 27.8 Å². The number of rotatable bonds is 7. The lowest BCUT2D eigenvalue weighted by atomic mass is 9.98. The van der Waals surface area contributed by atoms with E-state index in [4.69, 9.17) is 16.3 Å². The third-order valence-electron chi connectivity index (χ3n) is 5.47. The van der Waals surface area contributed by atoms with Crippen LogP contribution in [0.15, 0.2) is 66.9 Å². The van der Waals surface area contributed by atoms with Crippen LogP contribution in [0.5, 0.6) is 0 Å². The van der Waals surface area contributed by atoms with Gasteiger partial charge in [-0.3, -0.25) is 0 Å². The summed E-state index contributed by atoms with van der Waals surface area (Å²) in [4.78, 5) is 28.0. The van der Waals surface area contributed by atoms with Gasteiger partial charge in [0.1, 0.15) is 17.8 Å². The van der Waals surface area contributed by atoms with Gasteiger partial charge in [-0.15, -0.1) is 0 Å². The largest absolute Gasteiger partial charge is 0.480 e. The minimum atomic E-state index is -1.13. The minimum Gasteiger partial charge on any atom is -0.480 e. The van der Waals surface area contributed by atoms with Crippen LogP contribution in [0.3, 0.4) is 0 Å². The Hall–Kier alpha value is -3.38. The lowest BCUT2D eigenvalue weighted by Crippen LogP contribution is -2.41. The zero-order valence-corrected chi connectivity index (χ0v) is 17.4. The van der Waals surface area contributed by atoms with Crippen molar-refractivity contribution in [3.05, 3.63) is 88.7 Å². The number of fused-ring (bicyclic) bond motifs is 3. The first-order valence-electron chi connectivity index (χ1n) is 9.98. The van der Waals surface area contributed by atoms with Crippen molar-refractivity contribution in [1.82, 2.24) is 10.3 Å². The van der Waals surface area contributed by atoms with Crippen LogP contribution in [-0.4, -0.2) is 34.8 Å². The second-order valence-corrected chi connectivity index (χ2v) is 7.71. The number of hydrogen-bond donors (Lipinski definition) is 2. The minimum absolute atomic E-state index is 0.0874. The highest BCUT2D eigenvalue weighted by Gasteiger charge is 2.29. The van der Waals surface area contributed by atoms with Gasteiger partial charge in [-0.2, -0.15) is 0 Å². The molecule has 2 N–H and O–H groups in total. The number of carbonyl (C=O) groups excluding carboxylic acids is 1. The molecule has 2 aromatic carbocycles. The van der Waals surface area contributed by atoms with Crippen LogP contribution >= 0.6 is 11.6 Å². The van der Waals surface area contributed by atoms with Gasteiger partial charge >= 0.3 is 12.1 Å². The fourth-order valence-electron chi connectivity index (χ4n) is 3.95. The molecule has 1 aliphatic carbocycles. The second kappa shape index (κ2) is 9.18. The number of alkyl carbamates (subject to hydrolysis) is 1. The Morgan fingerprint density at radius 1 is 1.03 bits per heavy atom. The Morgan fingerprint density at radius 3 is 2.29 bits per heavy atom. The number of carbonyl (C=O) groups is 2.